The lowest BCUT2D eigenvalue weighted by Crippen LogP contribution is -2.07. The number of ether oxygens (including phenoxy) is 1. The number of nitrogens with zero attached hydrogens (tertiary/aromatic N) is 4. The minimum Gasteiger partial charge on any atom is -0.461 e. The maximum atomic E-state index is 12.3. The van der Waals surface area contributed by atoms with E-state index in [1.165, 1.54) is 22.9 Å². The van der Waals surface area contributed by atoms with E-state index >= 15 is 0 Å². The summed E-state index contributed by atoms with van der Waals surface area (Å²) < 4.78 is 36.0. The second kappa shape index (κ2) is 8.56. The molecule has 0 atom stereocenters. The largest absolute Gasteiger partial charge is 0.461 e. The first kappa shape index (κ1) is 21.7. The molecule has 0 aliphatic rings. The third-order valence-electron chi connectivity index (χ3n) is 4.43. The molecule has 2 aromatic heterocycles. The van der Waals surface area contributed by atoms with Gasteiger partial charge >= 0.3 is 5.97 Å². The van der Waals surface area contributed by atoms with Gasteiger partial charge in [-0.3, -0.25) is 0 Å². The number of para-hydroxylation sites is 1. The van der Waals surface area contributed by atoms with Crippen LogP contribution in [0, 0.1) is 0 Å². The van der Waals surface area contributed by atoms with Crippen molar-refractivity contribution in [2.75, 3.05) is 12.9 Å². The average molecular weight is 473 g/mol. The number of hydrogen-bond donors (Lipinski definition) is 0. The quantitative estimate of drug-likeness (QED) is 0.388. The van der Waals surface area contributed by atoms with E-state index in [1.807, 2.05) is 0 Å². The van der Waals surface area contributed by atoms with Crippen LogP contribution in [-0.4, -0.2) is 47.2 Å². The van der Waals surface area contributed by atoms with Gasteiger partial charge in [0.1, 0.15) is 5.69 Å². The first-order chi connectivity index (χ1) is 15.3. The lowest BCUT2D eigenvalue weighted by Gasteiger charge is -2.06. The van der Waals surface area contributed by atoms with Crippen molar-refractivity contribution in [3.05, 3.63) is 65.3 Å². The molecule has 32 heavy (non-hydrogen) atoms. The maximum absolute atomic E-state index is 12.3. The van der Waals surface area contributed by atoms with Crippen molar-refractivity contribution < 1.29 is 22.4 Å². The zero-order chi connectivity index (χ0) is 22.9. The van der Waals surface area contributed by atoms with Crippen molar-refractivity contribution in [2.24, 2.45) is 0 Å². The van der Waals surface area contributed by atoms with Crippen LogP contribution < -0.4 is 0 Å². The minimum atomic E-state index is -3.41. The van der Waals surface area contributed by atoms with E-state index in [0.29, 0.717) is 22.0 Å². The predicted molar refractivity (Wildman–Crippen MR) is 116 cm³/mol. The van der Waals surface area contributed by atoms with Gasteiger partial charge in [-0.05, 0) is 37.3 Å². The molecule has 4 rings (SSSR count). The molecule has 0 amide bonds. The maximum Gasteiger partial charge on any atom is 0.358 e. The first-order valence-corrected chi connectivity index (χ1v) is 11.7. The smallest absolute Gasteiger partial charge is 0.358 e. The van der Waals surface area contributed by atoms with Crippen LogP contribution in [0.5, 0.6) is 0 Å². The summed E-state index contributed by atoms with van der Waals surface area (Å²) in [6.45, 7) is 1.88. The third kappa shape index (κ3) is 4.27. The van der Waals surface area contributed by atoms with E-state index in [9.17, 15) is 13.2 Å². The van der Waals surface area contributed by atoms with Crippen LogP contribution in [0.3, 0.4) is 0 Å². The molecule has 11 heteroatoms. The van der Waals surface area contributed by atoms with Crippen molar-refractivity contribution in [3.8, 4) is 28.7 Å². The summed E-state index contributed by atoms with van der Waals surface area (Å²) >= 11 is 6.33. The number of esters is 1. The van der Waals surface area contributed by atoms with Gasteiger partial charge in [-0.15, -0.1) is 10.2 Å². The topological polar surface area (TPSA) is 117 Å². The first-order valence-electron chi connectivity index (χ1n) is 9.44. The summed E-state index contributed by atoms with van der Waals surface area (Å²) in [6.07, 6.45) is 1.12. The number of aromatic nitrogens is 4. The molecule has 0 bridgehead atoms. The summed E-state index contributed by atoms with van der Waals surface area (Å²) in [5.74, 6) is -0.442. The Balaban J connectivity index is 1.82. The zero-order valence-corrected chi connectivity index (χ0v) is 18.6. The van der Waals surface area contributed by atoms with Gasteiger partial charge in [0.15, 0.2) is 15.5 Å². The van der Waals surface area contributed by atoms with Gasteiger partial charge < -0.3 is 9.15 Å². The van der Waals surface area contributed by atoms with Gasteiger partial charge in [-0.1, -0.05) is 29.8 Å². The standard InChI is InChI=1S/C21H17ClN4O5S/c1-3-30-21(27)16-12-18(26(25-16)17-10-5-4-9-15(17)22)20-24-23-19(31-20)13-7-6-8-14(11-13)32(2,28)29/h4-12H,3H2,1-2H3. The van der Waals surface area contributed by atoms with Crippen molar-refractivity contribution >= 4 is 27.4 Å². The average Bonchev–Trinajstić information content (AvgIpc) is 3.41. The summed E-state index contributed by atoms with van der Waals surface area (Å²) in [6, 6.07) is 14.6. The van der Waals surface area contributed by atoms with Crippen LogP contribution in [0.15, 0.2) is 63.9 Å². The fourth-order valence-electron chi connectivity index (χ4n) is 2.95. The molecule has 0 aliphatic carbocycles. The number of sulfone groups is 1. The number of hydrogen-bond acceptors (Lipinski definition) is 8. The van der Waals surface area contributed by atoms with Crippen molar-refractivity contribution in [1.82, 2.24) is 20.0 Å². The van der Waals surface area contributed by atoms with Gasteiger partial charge in [0.25, 0.3) is 5.89 Å². The van der Waals surface area contributed by atoms with E-state index in [0.717, 1.165) is 6.26 Å². The van der Waals surface area contributed by atoms with Crippen LogP contribution in [0.1, 0.15) is 17.4 Å². The molecule has 0 spiro atoms. The number of benzene rings is 2. The Bertz CT molecular complexity index is 1410. The Kier molecular flexibility index (Phi) is 5.81. The highest BCUT2D eigenvalue weighted by Crippen LogP contribution is 2.30. The Labute approximate surface area is 188 Å². The minimum absolute atomic E-state index is 0.0422. The molecule has 0 aliphatic heterocycles. The van der Waals surface area contributed by atoms with E-state index < -0.39 is 15.8 Å². The van der Waals surface area contributed by atoms with Gasteiger partial charge in [-0.25, -0.2) is 17.9 Å². The molecule has 0 saturated carbocycles. The molecule has 4 aromatic rings. The van der Waals surface area contributed by atoms with Crippen LogP contribution in [0.25, 0.3) is 28.7 Å². The SMILES string of the molecule is CCOC(=O)c1cc(-c2nnc(-c3cccc(S(C)(=O)=O)c3)o2)n(-c2ccccc2Cl)n1. The zero-order valence-electron chi connectivity index (χ0n) is 17.0. The van der Waals surface area contributed by atoms with Crippen molar-refractivity contribution in [2.45, 2.75) is 11.8 Å². The Morgan fingerprint density at radius 1 is 1.09 bits per heavy atom. The molecule has 0 saturated heterocycles. The molecule has 2 heterocycles. The molecule has 0 fully saturated rings. The monoisotopic (exact) mass is 472 g/mol. The van der Waals surface area contributed by atoms with Crippen LogP contribution in [0.4, 0.5) is 0 Å². The Morgan fingerprint density at radius 2 is 1.84 bits per heavy atom. The molecule has 9 nitrogen and oxygen atoms in total. The second-order valence-corrected chi connectivity index (χ2v) is 9.13. The molecular formula is C21H17ClN4O5S. The second-order valence-electron chi connectivity index (χ2n) is 6.71. The molecule has 2 aromatic carbocycles. The summed E-state index contributed by atoms with van der Waals surface area (Å²) in [7, 11) is -3.41. The lowest BCUT2D eigenvalue weighted by atomic mass is 10.2. The van der Waals surface area contributed by atoms with Crippen LogP contribution in [-0.2, 0) is 14.6 Å². The summed E-state index contributed by atoms with van der Waals surface area (Å²) in [4.78, 5) is 12.4. The van der Waals surface area contributed by atoms with Crippen molar-refractivity contribution in [3.63, 3.8) is 0 Å². The van der Waals surface area contributed by atoms with Gasteiger partial charge in [0.2, 0.25) is 5.89 Å². The number of rotatable bonds is 6. The Hall–Kier alpha value is -3.50. The Morgan fingerprint density at radius 3 is 2.56 bits per heavy atom. The highest BCUT2D eigenvalue weighted by Gasteiger charge is 2.23. The number of carbonyl (C=O) groups is 1. The molecule has 0 unspecified atom stereocenters. The van der Waals surface area contributed by atoms with Gasteiger partial charge in [0.05, 0.1) is 22.2 Å². The van der Waals surface area contributed by atoms with Gasteiger partial charge in [0, 0.05) is 17.9 Å². The van der Waals surface area contributed by atoms with E-state index in [4.69, 9.17) is 20.8 Å². The summed E-state index contributed by atoms with van der Waals surface area (Å²) in [5, 5.41) is 12.8. The highest BCUT2D eigenvalue weighted by atomic mass is 35.5. The van der Waals surface area contributed by atoms with Crippen LogP contribution >= 0.6 is 11.6 Å². The predicted octanol–water partition coefficient (Wildman–Crippen LogP) is 3.82. The van der Waals surface area contributed by atoms with E-state index in [2.05, 4.69) is 15.3 Å². The normalized spacial score (nSPS) is 11.5. The lowest BCUT2D eigenvalue weighted by molar-refractivity contribution is 0.0519. The van der Waals surface area contributed by atoms with Gasteiger partial charge in [-0.2, -0.15) is 5.10 Å². The molecule has 0 radical (unpaired) electrons. The number of carbonyl (C=O) groups excluding carboxylic acids is 1. The van der Waals surface area contributed by atoms with Crippen molar-refractivity contribution in [1.29, 1.82) is 0 Å². The fourth-order valence-corrected chi connectivity index (χ4v) is 3.83. The molecule has 164 valence electrons. The van der Waals surface area contributed by atoms with E-state index in [1.54, 1.807) is 43.3 Å². The highest BCUT2D eigenvalue weighted by molar-refractivity contribution is 7.90. The molecule has 0 N–H and O–H groups in total. The third-order valence-corrected chi connectivity index (χ3v) is 5.86. The fraction of sp³-hybridized carbons (Fsp3) is 0.143. The van der Waals surface area contributed by atoms with Crippen LogP contribution in [0.2, 0.25) is 5.02 Å². The number of halogens is 1. The molecular weight excluding hydrogens is 456 g/mol. The van der Waals surface area contributed by atoms with E-state index in [-0.39, 0.29) is 29.0 Å². The summed E-state index contributed by atoms with van der Waals surface area (Å²) in [5.41, 5.74) is 1.29.